The molecule has 0 saturated carbocycles. The van der Waals surface area contributed by atoms with E-state index in [0.717, 1.165) is 28.3 Å². The summed E-state index contributed by atoms with van der Waals surface area (Å²) in [7, 11) is 1.93. The second-order valence-corrected chi connectivity index (χ2v) is 3.98. The summed E-state index contributed by atoms with van der Waals surface area (Å²) in [6.07, 6.45) is 4.64. The molecule has 0 bridgehead atoms. The topological polar surface area (TPSA) is 51.5 Å². The third kappa shape index (κ3) is 2.37. The van der Waals surface area contributed by atoms with Crippen molar-refractivity contribution in [2.45, 2.75) is 6.92 Å². The molecule has 18 heavy (non-hydrogen) atoms. The number of carboxylic acid groups (broad SMARTS) is 1. The Labute approximate surface area is 105 Å². The lowest BCUT2D eigenvalue weighted by Gasteiger charge is -2.03. The van der Waals surface area contributed by atoms with Crippen LogP contribution in [0.15, 0.2) is 30.5 Å². The van der Waals surface area contributed by atoms with E-state index in [9.17, 15) is 4.79 Å². The van der Waals surface area contributed by atoms with Crippen LogP contribution in [0.25, 0.3) is 17.0 Å². The average molecular weight is 245 g/mol. The molecule has 0 amide bonds. The maximum absolute atomic E-state index is 10.6. The van der Waals surface area contributed by atoms with Crippen LogP contribution in [0.2, 0.25) is 0 Å². The van der Waals surface area contributed by atoms with Crippen molar-refractivity contribution in [3.63, 3.8) is 0 Å². The first-order chi connectivity index (χ1) is 8.61. The number of fused-ring (bicyclic) bond motifs is 1. The van der Waals surface area contributed by atoms with Crippen molar-refractivity contribution in [1.82, 2.24) is 4.57 Å². The zero-order valence-electron chi connectivity index (χ0n) is 10.4. The Bertz CT molecular complexity index is 611. The van der Waals surface area contributed by atoms with E-state index in [4.69, 9.17) is 9.84 Å². The van der Waals surface area contributed by atoms with Gasteiger partial charge in [-0.2, -0.15) is 0 Å². The van der Waals surface area contributed by atoms with Gasteiger partial charge in [0.25, 0.3) is 0 Å². The summed E-state index contributed by atoms with van der Waals surface area (Å²) >= 11 is 0. The Morgan fingerprint density at radius 3 is 2.94 bits per heavy atom. The predicted octanol–water partition coefficient (Wildman–Crippen LogP) is 2.67. The maximum Gasteiger partial charge on any atom is 0.328 e. The first-order valence-electron chi connectivity index (χ1n) is 5.74. The van der Waals surface area contributed by atoms with E-state index >= 15 is 0 Å². The van der Waals surface area contributed by atoms with Crippen LogP contribution in [0, 0.1) is 0 Å². The molecule has 1 aromatic carbocycles. The summed E-state index contributed by atoms with van der Waals surface area (Å²) in [4.78, 5) is 10.6. The van der Waals surface area contributed by atoms with E-state index in [1.54, 1.807) is 6.08 Å². The first kappa shape index (κ1) is 12.2. The molecule has 1 N–H and O–H groups in total. The number of aromatic nitrogens is 1. The van der Waals surface area contributed by atoms with Gasteiger partial charge < -0.3 is 14.4 Å². The standard InChI is InChI=1S/C14H15NO3/c1-3-18-11-5-6-13-12(8-11)10(9-15(13)2)4-7-14(16)17/h4-9H,3H2,1-2H3,(H,16,17)/b7-4+. The molecule has 94 valence electrons. The van der Waals surface area contributed by atoms with Crippen molar-refractivity contribution in [3.8, 4) is 5.75 Å². The number of nitrogens with zero attached hydrogens (tertiary/aromatic N) is 1. The molecule has 0 aliphatic heterocycles. The van der Waals surface area contributed by atoms with Gasteiger partial charge in [-0.3, -0.25) is 0 Å². The molecule has 0 aliphatic rings. The van der Waals surface area contributed by atoms with Gasteiger partial charge in [-0.15, -0.1) is 0 Å². The van der Waals surface area contributed by atoms with Crippen molar-refractivity contribution in [3.05, 3.63) is 36.0 Å². The van der Waals surface area contributed by atoms with E-state index < -0.39 is 5.97 Å². The molecule has 1 heterocycles. The monoisotopic (exact) mass is 245 g/mol. The van der Waals surface area contributed by atoms with E-state index in [-0.39, 0.29) is 0 Å². The van der Waals surface area contributed by atoms with Crippen LogP contribution in [0.1, 0.15) is 12.5 Å². The highest BCUT2D eigenvalue weighted by atomic mass is 16.5. The molecule has 0 spiro atoms. The lowest BCUT2D eigenvalue weighted by atomic mass is 10.1. The van der Waals surface area contributed by atoms with Crippen molar-refractivity contribution in [1.29, 1.82) is 0 Å². The largest absolute Gasteiger partial charge is 0.494 e. The molecule has 0 atom stereocenters. The zero-order chi connectivity index (χ0) is 13.1. The first-order valence-corrected chi connectivity index (χ1v) is 5.74. The molecule has 0 aliphatic carbocycles. The van der Waals surface area contributed by atoms with Gasteiger partial charge in [-0.25, -0.2) is 4.79 Å². The zero-order valence-corrected chi connectivity index (χ0v) is 10.4. The SMILES string of the molecule is CCOc1ccc2c(c1)c(/C=C/C(=O)O)cn2C. The van der Waals surface area contributed by atoms with Crippen molar-refractivity contribution in [2.24, 2.45) is 7.05 Å². The number of aliphatic carboxylic acids is 1. The molecule has 0 fully saturated rings. The van der Waals surface area contributed by atoms with Gasteiger partial charge in [0.15, 0.2) is 0 Å². The highest BCUT2D eigenvalue weighted by molar-refractivity contribution is 5.94. The van der Waals surface area contributed by atoms with Crippen LogP contribution < -0.4 is 4.74 Å². The maximum atomic E-state index is 10.6. The molecule has 2 rings (SSSR count). The number of aryl methyl sites for hydroxylation is 1. The third-order valence-electron chi connectivity index (χ3n) is 2.71. The Hall–Kier alpha value is -2.23. The van der Waals surface area contributed by atoms with Gasteiger partial charge in [-0.05, 0) is 31.2 Å². The van der Waals surface area contributed by atoms with Crippen molar-refractivity contribution >= 4 is 22.9 Å². The van der Waals surface area contributed by atoms with Crippen LogP contribution >= 0.6 is 0 Å². The van der Waals surface area contributed by atoms with E-state index in [2.05, 4.69) is 0 Å². The molecule has 4 heteroatoms. The Morgan fingerprint density at radius 2 is 2.28 bits per heavy atom. The minimum atomic E-state index is -0.951. The van der Waals surface area contributed by atoms with Gasteiger partial charge in [-0.1, -0.05) is 0 Å². The predicted molar refractivity (Wildman–Crippen MR) is 70.8 cm³/mol. The fourth-order valence-corrected chi connectivity index (χ4v) is 1.95. The van der Waals surface area contributed by atoms with Gasteiger partial charge in [0.1, 0.15) is 5.75 Å². The number of hydrogen-bond acceptors (Lipinski definition) is 2. The van der Waals surface area contributed by atoms with Gasteiger partial charge in [0, 0.05) is 35.8 Å². The second kappa shape index (κ2) is 4.96. The van der Waals surface area contributed by atoms with Gasteiger partial charge in [0.05, 0.1) is 6.61 Å². The summed E-state index contributed by atoms with van der Waals surface area (Å²) in [5.74, 6) is -0.158. The molecule has 0 unspecified atom stereocenters. The molecule has 0 saturated heterocycles. The van der Waals surface area contributed by atoms with Gasteiger partial charge >= 0.3 is 5.97 Å². The fraction of sp³-hybridized carbons (Fsp3) is 0.214. The van der Waals surface area contributed by atoms with E-state index in [1.165, 1.54) is 0 Å². The molecular weight excluding hydrogens is 230 g/mol. The minimum Gasteiger partial charge on any atom is -0.494 e. The summed E-state index contributed by atoms with van der Waals surface area (Å²) in [6.45, 7) is 2.54. The Morgan fingerprint density at radius 1 is 1.50 bits per heavy atom. The highest BCUT2D eigenvalue weighted by Gasteiger charge is 2.06. The number of carbonyl (C=O) groups is 1. The number of ether oxygens (including phenoxy) is 1. The summed E-state index contributed by atoms with van der Waals surface area (Å²) in [5.41, 5.74) is 1.92. The van der Waals surface area contributed by atoms with E-state index in [1.807, 2.05) is 42.9 Å². The lowest BCUT2D eigenvalue weighted by Crippen LogP contribution is -1.91. The van der Waals surface area contributed by atoms with Crippen LogP contribution in [0.3, 0.4) is 0 Å². The fourth-order valence-electron chi connectivity index (χ4n) is 1.95. The average Bonchev–Trinajstić information content (AvgIpc) is 2.64. The molecular formula is C14H15NO3. The van der Waals surface area contributed by atoms with Gasteiger partial charge in [0.2, 0.25) is 0 Å². The van der Waals surface area contributed by atoms with Crippen LogP contribution in [0.4, 0.5) is 0 Å². The van der Waals surface area contributed by atoms with Crippen LogP contribution in [0.5, 0.6) is 5.75 Å². The number of carboxylic acids is 1. The third-order valence-corrected chi connectivity index (χ3v) is 2.71. The lowest BCUT2D eigenvalue weighted by molar-refractivity contribution is -0.131. The summed E-state index contributed by atoms with van der Waals surface area (Å²) in [6, 6.07) is 5.81. The minimum absolute atomic E-state index is 0.610. The second-order valence-electron chi connectivity index (χ2n) is 3.98. The Balaban J connectivity index is 2.52. The van der Waals surface area contributed by atoms with Crippen LogP contribution in [-0.2, 0) is 11.8 Å². The molecule has 0 radical (unpaired) electrons. The smallest absolute Gasteiger partial charge is 0.328 e. The quantitative estimate of drug-likeness (QED) is 0.842. The van der Waals surface area contributed by atoms with Crippen LogP contribution in [-0.4, -0.2) is 22.2 Å². The number of hydrogen-bond donors (Lipinski definition) is 1. The number of benzene rings is 1. The molecule has 2 aromatic rings. The summed E-state index contributed by atoms with van der Waals surface area (Å²) < 4.78 is 7.42. The highest BCUT2D eigenvalue weighted by Crippen LogP contribution is 2.26. The Kier molecular flexibility index (Phi) is 3.37. The normalized spacial score (nSPS) is 11.2. The number of rotatable bonds is 4. The molecule has 4 nitrogen and oxygen atoms in total. The molecule has 1 aromatic heterocycles. The van der Waals surface area contributed by atoms with Crippen molar-refractivity contribution < 1.29 is 14.6 Å². The van der Waals surface area contributed by atoms with E-state index in [0.29, 0.717) is 6.61 Å². The summed E-state index contributed by atoms with van der Waals surface area (Å²) in [5, 5.41) is 9.66. The van der Waals surface area contributed by atoms with Crippen molar-refractivity contribution in [2.75, 3.05) is 6.61 Å².